The second kappa shape index (κ2) is 12.8. The first kappa shape index (κ1) is 26.1. The Hall–Kier alpha value is -3.55. The molecule has 0 bridgehead atoms. The van der Waals surface area contributed by atoms with E-state index >= 15 is 0 Å². The van der Waals surface area contributed by atoms with Crippen molar-refractivity contribution in [1.29, 1.82) is 5.26 Å². The van der Waals surface area contributed by atoms with E-state index in [1.54, 1.807) is 36.4 Å². The van der Waals surface area contributed by atoms with Crippen molar-refractivity contribution in [1.82, 2.24) is 5.32 Å². The number of amides is 2. The molecule has 0 spiro atoms. The van der Waals surface area contributed by atoms with Crippen LogP contribution in [-0.2, 0) is 16.1 Å². The Labute approximate surface area is 221 Å². The highest BCUT2D eigenvalue weighted by atomic mass is 127. The van der Waals surface area contributed by atoms with Crippen LogP contribution in [0.25, 0.3) is 6.08 Å². The number of ether oxygens (including phenoxy) is 2. The van der Waals surface area contributed by atoms with Gasteiger partial charge in [-0.2, -0.15) is 5.26 Å². The summed E-state index contributed by atoms with van der Waals surface area (Å²) >= 11 is 8.11. The van der Waals surface area contributed by atoms with E-state index in [1.165, 1.54) is 13.2 Å². The number of hydrogen-bond donors (Lipinski definition) is 2. The number of methoxy groups -OCH3 is 1. The van der Waals surface area contributed by atoms with Crippen molar-refractivity contribution in [2.75, 3.05) is 19.0 Å². The number of hydrogen-bond acceptors (Lipinski definition) is 5. The maximum atomic E-state index is 12.5. The highest BCUT2D eigenvalue weighted by Gasteiger charge is 2.15. The zero-order valence-electron chi connectivity index (χ0n) is 18.7. The van der Waals surface area contributed by atoms with E-state index in [2.05, 4.69) is 10.6 Å². The molecule has 0 saturated heterocycles. The van der Waals surface area contributed by atoms with Gasteiger partial charge in [-0.1, -0.05) is 54.1 Å². The molecule has 35 heavy (non-hydrogen) atoms. The van der Waals surface area contributed by atoms with Gasteiger partial charge in [-0.25, -0.2) is 0 Å². The predicted molar refractivity (Wildman–Crippen MR) is 143 cm³/mol. The summed E-state index contributed by atoms with van der Waals surface area (Å²) in [7, 11) is 1.47. The summed E-state index contributed by atoms with van der Waals surface area (Å²) in [4.78, 5) is 24.8. The van der Waals surface area contributed by atoms with Crippen molar-refractivity contribution < 1.29 is 19.1 Å². The fourth-order valence-electron chi connectivity index (χ4n) is 3.04. The molecule has 3 aromatic carbocycles. The molecule has 0 atom stereocenters. The van der Waals surface area contributed by atoms with Crippen LogP contribution in [0.1, 0.15) is 11.1 Å². The third-order valence-electron chi connectivity index (χ3n) is 4.72. The highest BCUT2D eigenvalue weighted by molar-refractivity contribution is 14.1. The van der Waals surface area contributed by atoms with E-state index in [0.717, 1.165) is 5.56 Å². The zero-order valence-corrected chi connectivity index (χ0v) is 21.6. The van der Waals surface area contributed by atoms with Crippen molar-refractivity contribution in [3.8, 4) is 17.6 Å². The summed E-state index contributed by atoms with van der Waals surface area (Å²) in [5.74, 6) is -0.147. The number of rotatable bonds is 9. The summed E-state index contributed by atoms with van der Waals surface area (Å²) in [6.45, 7) is 0.0424. The van der Waals surface area contributed by atoms with Gasteiger partial charge in [0.05, 0.1) is 21.4 Å². The second-order valence-electron chi connectivity index (χ2n) is 7.19. The number of carbonyl (C=O) groups is 2. The fraction of sp³-hybridized carbons (Fsp3) is 0.115. The number of anilines is 1. The predicted octanol–water partition coefficient (Wildman–Crippen LogP) is 5.19. The SMILES string of the molecule is COc1cc(/C=C(\C#N)C(=O)NCc2ccccc2)cc(I)c1OCC(=O)Nc1ccccc1Cl. The molecule has 0 fully saturated rings. The molecule has 0 aliphatic rings. The Kier molecular flexibility index (Phi) is 9.52. The Balaban J connectivity index is 1.70. The van der Waals surface area contributed by atoms with Crippen molar-refractivity contribution in [2.45, 2.75) is 6.54 Å². The number of nitriles is 1. The van der Waals surface area contributed by atoms with Crippen LogP contribution >= 0.6 is 34.2 Å². The number of nitrogens with zero attached hydrogens (tertiary/aromatic N) is 1. The highest BCUT2D eigenvalue weighted by Crippen LogP contribution is 2.34. The van der Waals surface area contributed by atoms with E-state index in [-0.39, 0.29) is 18.1 Å². The van der Waals surface area contributed by atoms with Crippen LogP contribution < -0.4 is 20.1 Å². The van der Waals surface area contributed by atoms with E-state index in [0.29, 0.717) is 37.9 Å². The van der Waals surface area contributed by atoms with Crippen LogP contribution in [-0.4, -0.2) is 25.5 Å². The van der Waals surface area contributed by atoms with Crippen molar-refractivity contribution in [3.05, 3.63) is 92.0 Å². The van der Waals surface area contributed by atoms with Gasteiger partial charge in [0, 0.05) is 6.54 Å². The first-order valence-electron chi connectivity index (χ1n) is 10.4. The normalized spacial score (nSPS) is 10.7. The minimum Gasteiger partial charge on any atom is -0.493 e. The smallest absolute Gasteiger partial charge is 0.262 e. The van der Waals surface area contributed by atoms with Gasteiger partial charge in [-0.3, -0.25) is 9.59 Å². The van der Waals surface area contributed by atoms with Gasteiger partial charge in [-0.05, 0) is 64.1 Å². The topological polar surface area (TPSA) is 100 Å². The Morgan fingerprint density at radius 3 is 2.51 bits per heavy atom. The Morgan fingerprint density at radius 1 is 1.11 bits per heavy atom. The van der Waals surface area contributed by atoms with Gasteiger partial charge in [0.15, 0.2) is 18.1 Å². The molecule has 0 aliphatic carbocycles. The minimum absolute atomic E-state index is 0.0495. The molecule has 2 N–H and O–H groups in total. The molecule has 2 amide bonds. The lowest BCUT2D eigenvalue weighted by molar-refractivity contribution is -0.118. The summed E-state index contributed by atoms with van der Waals surface area (Å²) in [5.41, 5.74) is 1.94. The monoisotopic (exact) mass is 601 g/mol. The van der Waals surface area contributed by atoms with Gasteiger partial charge >= 0.3 is 0 Å². The van der Waals surface area contributed by atoms with Gasteiger partial charge in [0.1, 0.15) is 11.6 Å². The van der Waals surface area contributed by atoms with E-state index in [4.69, 9.17) is 21.1 Å². The van der Waals surface area contributed by atoms with Crippen molar-refractivity contribution in [2.24, 2.45) is 0 Å². The molecule has 0 heterocycles. The molecule has 9 heteroatoms. The number of para-hydroxylation sites is 1. The molecule has 0 saturated carbocycles. The average Bonchev–Trinajstić information content (AvgIpc) is 2.86. The van der Waals surface area contributed by atoms with Crippen LogP contribution in [0.4, 0.5) is 5.69 Å². The lowest BCUT2D eigenvalue weighted by atomic mass is 10.1. The Morgan fingerprint density at radius 2 is 1.83 bits per heavy atom. The summed E-state index contributed by atoms with van der Waals surface area (Å²) in [6, 6.07) is 21.6. The zero-order chi connectivity index (χ0) is 25.2. The van der Waals surface area contributed by atoms with Crippen LogP contribution in [0.2, 0.25) is 5.02 Å². The second-order valence-corrected chi connectivity index (χ2v) is 8.76. The third-order valence-corrected chi connectivity index (χ3v) is 5.85. The molecule has 3 rings (SSSR count). The molecule has 7 nitrogen and oxygen atoms in total. The molecule has 0 radical (unpaired) electrons. The number of nitrogens with one attached hydrogen (secondary N) is 2. The van der Waals surface area contributed by atoms with E-state index in [1.807, 2.05) is 59.0 Å². The molecule has 178 valence electrons. The van der Waals surface area contributed by atoms with Crippen molar-refractivity contribution >= 4 is 57.8 Å². The van der Waals surface area contributed by atoms with E-state index < -0.39 is 5.91 Å². The summed E-state index contributed by atoms with van der Waals surface area (Å²) in [5, 5.41) is 15.4. The lowest BCUT2D eigenvalue weighted by Crippen LogP contribution is -2.23. The number of carbonyl (C=O) groups excluding carboxylic acids is 2. The largest absolute Gasteiger partial charge is 0.493 e. The van der Waals surface area contributed by atoms with Crippen LogP contribution in [0.15, 0.2) is 72.3 Å². The average molecular weight is 602 g/mol. The summed E-state index contributed by atoms with van der Waals surface area (Å²) < 4.78 is 11.8. The first-order chi connectivity index (χ1) is 16.9. The molecule has 0 aliphatic heterocycles. The Bertz CT molecular complexity index is 1290. The fourth-order valence-corrected chi connectivity index (χ4v) is 4.00. The van der Waals surface area contributed by atoms with Crippen LogP contribution in [0.5, 0.6) is 11.5 Å². The van der Waals surface area contributed by atoms with Crippen LogP contribution in [0, 0.1) is 14.9 Å². The molecule has 0 aromatic heterocycles. The summed E-state index contributed by atoms with van der Waals surface area (Å²) in [6.07, 6.45) is 1.47. The standard InChI is InChI=1S/C26H21ClIN3O4/c1-34-23-13-18(11-19(14-29)26(33)30-15-17-7-3-2-4-8-17)12-21(28)25(23)35-16-24(32)31-22-10-6-5-9-20(22)27/h2-13H,15-16H2,1H3,(H,30,33)(H,31,32)/b19-11+. The van der Waals surface area contributed by atoms with Gasteiger partial charge in [-0.15, -0.1) is 0 Å². The maximum Gasteiger partial charge on any atom is 0.262 e. The van der Waals surface area contributed by atoms with E-state index in [9.17, 15) is 14.9 Å². The minimum atomic E-state index is -0.484. The number of benzene rings is 3. The quantitative estimate of drug-likeness (QED) is 0.200. The number of halogens is 2. The maximum absolute atomic E-state index is 12.5. The first-order valence-corrected chi connectivity index (χ1v) is 11.9. The molecular weight excluding hydrogens is 581 g/mol. The van der Waals surface area contributed by atoms with Gasteiger partial charge < -0.3 is 20.1 Å². The third kappa shape index (κ3) is 7.47. The van der Waals surface area contributed by atoms with Crippen LogP contribution in [0.3, 0.4) is 0 Å². The van der Waals surface area contributed by atoms with Crippen molar-refractivity contribution in [3.63, 3.8) is 0 Å². The molecule has 0 unspecified atom stereocenters. The molecule has 3 aromatic rings. The molecular formula is C26H21ClIN3O4. The van der Waals surface area contributed by atoms with Gasteiger partial charge in [0.25, 0.3) is 11.8 Å². The van der Waals surface area contributed by atoms with Gasteiger partial charge in [0.2, 0.25) is 0 Å². The lowest BCUT2D eigenvalue weighted by Gasteiger charge is -2.14.